The zero-order chi connectivity index (χ0) is 13.7. The lowest BCUT2D eigenvalue weighted by Crippen LogP contribution is -2.35. The normalized spacial score (nSPS) is 23.3. The highest BCUT2D eigenvalue weighted by molar-refractivity contribution is 5.72. The van der Waals surface area contributed by atoms with Gasteiger partial charge >= 0.3 is 5.97 Å². The first-order valence-corrected chi connectivity index (χ1v) is 6.94. The summed E-state index contributed by atoms with van der Waals surface area (Å²) in [5, 5.41) is 11.4. The van der Waals surface area contributed by atoms with Crippen molar-refractivity contribution in [2.24, 2.45) is 13.0 Å². The van der Waals surface area contributed by atoms with Crippen LogP contribution in [0.25, 0.3) is 0 Å². The lowest BCUT2D eigenvalue weighted by Gasteiger charge is -2.27. The SMILES string of the molecule is CCOC(=O)C1CCC(NCc2cn(C)nn2)CC1. The summed E-state index contributed by atoms with van der Waals surface area (Å²) in [6.45, 7) is 3.07. The van der Waals surface area contributed by atoms with E-state index in [1.807, 2.05) is 20.2 Å². The van der Waals surface area contributed by atoms with Crippen LogP contribution in [-0.4, -0.2) is 33.6 Å². The van der Waals surface area contributed by atoms with Crippen LogP contribution in [0.1, 0.15) is 38.3 Å². The highest BCUT2D eigenvalue weighted by Crippen LogP contribution is 2.25. The Balaban J connectivity index is 1.70. The molecule has 0 amide bonds. The molecule has 0 unspecified atom stereocenters. The molecule has 2 rings (SSSR count). The minimum absolute atomic E-state index is 0.0325. The second-order valence-electron chi connectivity index (χ2n) is 5.07. The van der Waals surface area contributed by atoms with Gasteiger partial charge in [-0.2, -0.15) is 0 Å². The first-order chi connectivity index (χ1) is 9.19. The number of hydrogen-bond acceptors (Lipinski definition) is 5. The number of carbonyl (C=O) groups excluding carboxylic acids is 1. The lowest BCUT2D eigenvalue weighted by atomic mass is 9.86. The molecule has 1 heterocycles. The molecule has 1 aromatic rings. The van der Waals surface area contributed by atoms with E-state index in [4.69, 9.17) is 4.74 Å². The summed E-state index contributed by atoms with van der Waals surface area (Å²) in [4.78, 5) is 11.6. The summed E-state index contributed by atoms with van der Waals surface area (Å²) in [5.74, 6) is 0.0596. The van der Waals surface area contributed by atoms with Gasteiger partial charge in [-0.1, -0.05) is 5.21 Å². The predicted octanol–water partition coefficient (Wildman–Crippen LogP) is 1.03. The molecular formula is C13H22N4O2. The van der Waals surface area contributed by atoms with E-state index >= 15 is 0 Å². The molecular weight excluding hydrogens is 244 g/mol. The first kappa shape index (κ1) is 14.0. The van der Waals surface area contributed by atoms with E-state index in [0.29, 0.717) is 12.6 Å². The van der Waals surface area contributed by atoms with Gasteiger partial charge < -0.3 is 10.1 Å². The molecule has 0 saturated heterocycles. The number of esters is 1. The molecule has 0 aliphatic heterocycles. The van der Waals surface area contributed by atoms with Crippen molar-refractivity contribution in [2.45, 2.75) is 45.2 Å². The smallest absolute Gasteiger partial charge is 0.308 e. The van der Waals surface area contributed by atoms with E-state index in [1.165, 1.54) is 0 Å². The Morgan fingerprint density at radius 1 is 1.47 bits per heavy atom. The van der Waals surface area contributed by atoms with E-state index in [1.54, 1.807) is 4.68 Å². The van der Waals surface area contributed by atoms with E-state index in [9.17, 15) is 4.79 Å². The Morgan fingerprint density at radius 2 is 2.21 bits per heavy atom. The predicted molar refractivity (Wildman–Crippen MR) is 70.2 cm³/mol. The van der Waals surface area contributed by atoms with Crippen LogP contribution in [-0.2, 0) is 23.1 Å². The molecule has 1 N–H and O–H groups in total. The van der Waals surface area contributed by atoms with Crippen molar-refractivity contribution in [1.82, 2.24) is 20.3 Å². The van der Waals surface area contributed by atoms with Crippen LogP contribution in [0.3, 0.4) is 0 Å². The van der Waals surface area contributed by atoms with Crippen molar-refractivity contribution in [3.05, 3.63) is 11.9 Å². The Bertz CT molecular complexity index is 411. The van der Waals surface area contributed by atoms with Gasteiger partial charge in [0.25, 0.3) is 0 Å². The number of nitrogens with one attached hydrogen (secondary N) is 1. The standard InChI is InChI=1S/C13H22N4O2/c1-3-19-13(18)10-4-6-11(7-5-10)14-8-12-9-17(2)16-15-12/h9-11,14H,3-8H2,1-2H3. The third-order valence-electron chi connectivity index (χ3n) is 3.57. The zero-order valence-corrected chi connectivity index (χ0v) is 11.6. The van der Waals surface area contributed by atoms with Gasteiger partial charge in [-0.25, -0.2) is 0 Å². The Morgan fingerprint density at radius 3 is 2.79 bits per heavy atom. The fourth-order valence-electron chi connectivity index (χ4n) is 2.52. The Kier molecular flexibility index (Phi) is 4.90. The van der Waals surface area contributed by atoms with E-state index in [0.717, 1.165) is 37.9 Å². The van der Waals surface area contributed by atoms with E-state index in [2.05, 4.69) is 15.6 Å². The molecule has 1 aromatic heterocycles. The molecule has 0 aromatic carbocycles. The average molecular weight is 266 g/mol. The summed E-state index contributed by atoms with van der Waals surface area (Å²) >= 11 is 0. The highest BCUT2D eigenvalue weighted by Gasteiger charge is 2.26. The van der Waals surface area contributed by atoms with Gasteiger partial charge in [0.2, 0.25) is 0 Å². The zero-order valence-electron chi connectivity index (χ0n) is 11.6. The second kappa shape index (κ2) is 6.65. The molecule has 6 heteroatoms. The monoisotopic (exact) mass is 266 g/mol. The van der Waals surface area contributed by atoms with Gasteiger partial charge in [0.1, 0.15) is 0 Å². The Labute approximate surface area is 113 Å². The van der Waals surface area contributed by atoms with Crippen molar-refractivity contribution in [3.63, 3.8) is 0 Å². The maximum absolute atomic E-state index is 11.6. The second-order valence-corrected chi connectivity index (χ2v) is 5.07. The van der Waals surface area contributed by atoms with E-state index in [-0.39, 0.29) is 11.9 Å². The van der Waals surface area contributed by atoms with Gasteiger partial charge in [0.15, 0.2) is 0 Å². The number of ether oxygens (including phenoxy) is 1. The first-order valence-electron chi connectivity index (χ1n) is 6.94. The van der Waals surface area contributed by atoms with Gasteiger partial charge in [-0.15, -0.1) is 5.10 Å². The van der Waals surface area contributed by atoms with Crippen LogP contribution in [0, 0.1) is 5.92 Å². The van der Waals surface area contributed by atoms with Crippen molar-refractivity contribution in [3.8, 4) is 0 Å². The molecule has 1 fully saturated rings. The molecule has 0 bridgehead atoms. The van der Waals surface area contributed by atoms with E-state index < -0.39 is 0 Å². The number of hydrogen-bond donors (Lipinski definition) is 1. The number of nitrogens with zero attached hydrogens (tertiary/aromatic N) is 3. The van der Waals surface area contributed by atoms with Gasteiger partial charge in [0.05, 0.1) is 18.2 Å². The third kappa shape index (κ3) is 4.02. The fraction of sp³-hybridized carbons (Fsp3) is 0.769. The van der Waals surface area contributed by atoms with Crippen molar-refractivity contribution < 1.29 is 9.53 Å². The minimum atomic E-state index is -0.0325. The Hall–Kier alpha value is -1.43. The molecule has 19 heavy (non-hydrogen) atoms. The maximum atomic E-state index is 11.6. The van der Waals surface area contributed by atoms with Crippen LogP contribution in [0.4, 0.5) is 0 Å². The summed E-state index contributed by atoms with van der Waals surface area (Å²) in [7, 11) is 1.86. The number of rotatable bonds is 5. The largest absolute Gasteiger partial charge is 0.466 e. The third-order valence-corrected chi connectivity index (χ3v) is 3.57. The van der Waals surface area contributed by atoms with Crippen LogP contribution < -0.4 is 5.32 Å². The molecule has 1 aliphatic rings. The van der Waals surface area contributed by atoms with Crippen LogP contribution in [0.2, 0.25) is 0 Å². The molecule has 106 valence electrons. The number of aromatic nitrogens is 3. The molecule has 0 radical (unpaired) electrons. The molecule has 1 aliphatic carbocycles. The quantitative estimate of drug-likeness (QED) is 0.806. The number of carbonyl (C=O) groups is 1. The number of aryl methyl sites for hydroxylation is 1. The maximum Gasteiger partial charge on any atom is 0.308 e. The summed E-state index contributed by atoms with van der Waals surface area (Å²) in [6.07, 6.45) is 5.78. The summed E-state index contributed by atoms with van der Waals surface area (Å²) in [6, 6.07) is 0.465. The average Bonchev–Trinajstić information content (AvgIpc) is 2.83. The molecule has 0 spiro atoms. The summed E-state index contributed by atoms with van der Waals surface area (Å²) in [5.41, 5.74) is 0.954. The molecule has 6 nitrogen and oxygen atoms in total. The molecule has 1 saturated carbocycles. The van der Waals surface area contributed by atoms with Crippen molar-refractivity contribution in [1.29, 1.82) is 0 Å². The van der Waals surface area contributed by atoms with Crippen molar-refractivity contribution >= 4 is 5.97 Å². The minimum Gasteiger partial charge on any atom is -0.466 e. The van der Waals surface area contributed by atoms with Gasteiger partial charge in [-0.05, 0) is 32.6 Å². The van der Waals surface area contributed by atoms with Crippen LogP contribution in [0.15, 0.2) is 6.20 Å². The fourth-order valence-corrected chi connectivity index (χ4v) is 2.52. The molecule has 0 atom stereocenters. The topological polar surface area (TPSA) is 69.0 Å². The summed E-state index contributed by atoms with van der Waals surface area (Å²) < 4.78 is 6.77. The highest BCUT2D eigenvalue weighted by atomic mass is 16.5. The van der Waals surface area contributed by atoms with Crippen molar-refractivity contribution in [2.75, 3.05) is 6.61 Å². The van der Waals surface area contributed by atoms with Gasteiger partial charge in [0, 0.05) is 25.8 Å². The van der Waals surface area contributed by atoms with Gasteiger partial charge in [-0.3, -0.25) is 9.48 Å². The van der Waals surface area contributed by atoms with Crippen LogP contribution >= 0.6 is 0 Å². The van der Waals surface area contributed by atoms with Crippen LogP contribution in [0.5, 0.6) is 0 Å². The lowest BCUT2D eigenvalue weighted by molar-refractivity contribution is -0.149.